The SMILES string of the molecule is CC1([Si](C(F)(F)F)C2(C)CCCCC2)CCCCC1. The molecule has 2 saturated carbocycles. The lowest BCUT2D eigenvalue weighted by molar-refractivity contribution is -0.0605. The summed E-state index contributed by atoms with van der Waals surface area (Å²) in [5, 5.41) is -0.847. The molecule has 2 aliphatic rings. The molecule has 0 unspecified atom stereocenters. The first kappa shape index (κ1) is 15.4. The van der Waals surface area contributed by atoms with E-state index in [1.54, 1.807) is 0 Å². The Labute approximate surface area is 116 Å². The van der Waals surface area contributed by atoms with Gasteiger partial charge in [-0.25, -0.2) is 0 Å². The molecule has 2 aliphatic carbocycles. The van der Waals surface area contributed by atoms with Crippen LogP contribution >= 0.6 is 0 Å². The van der Waals surface area contributed by atoms with Gasteiger partial charge in [-0.15, -0.1) is 0 Å². The smallest absolute Gasteiger partial charge is 0.177 e. The second-order valence-corrected chi connectivity index (χ2v) is 10.8. The largest absolute Gasteiger partial charge is 0.360 e. The molecule has 0 aliphatic heterocycles. The van der Waals surface area contributed by atoms with Crippen LogP contribution in [-0.2, 0) is 0 Å². The first-order chi connectivity index (χ1) is 8.78. The third-order valence-electron chi connectivity index (χ3n) is 5.40. The summed E-state index contributed by atoms with van der Waals surface area (Å²) >= 11 is 0. The predicted octanol–water partition coefficient (Wildman–Crippen LogP) is 6.03. The van der Waals surface area contributed by atoms with Gasteiger partial charge >= 0.3 is 5.80 Å². The monoisotopic (exact) mass is 291 g/mol. The van der Waals surface area contributed by atoms with Crippen molar-refractivity contribution < 1.29 is 13.2 Å². The Morgan fingerprint density at radius 3 is 1.26 bits per heavy atom. The lowest BCUT2D eigenvalue weighted by Gasteiger charge is -2.50. The molecule has 0 amide bonds. The molecule has 0 spiro atoms. The lowest BCUT2D eigenvalue weighted by atomic mass is 9.88. The van der Waals surface area contributed by atoms with E-state index in [2.05, 4.69) is 0 Å². The molecule has 0 saturated heterocycles. The molecule has 0 aromatic heterocycles. The lowest BCUT2D eigenvalue weighted by Crippen LogP contribution is -2.53. The predicted molar refractivity (Wildman–Crippen MR) is 74.7 cm³/mol. The fourth-order valence-corrected chi connectivity index (χ4v) is 9.11. The Morgan fingerprint density at radius 1 is 0.684 bits per heavy atom. The number of rotatable bonds is 2. The van der Waals surface area contributed by atoms with Gasteiger partial charge in [0.2, 0.25) is 0 Å². The number of halogens is 3. The van der Waals surface area contributed by atoms with Gasteiger partial charge in [-0.2, -0.15) is 13.2 Å². The number of alkyl halides is 3. The van der Waals surface area contributed by atoms with Crippen molar-refractivity contribution in [3.05, 3.63) is 0 Å². The third-order valence-corrected chi connectivity index (χ3v) is 9.39. The topological polar surface area (TPSA) is 0 Å². The van der Waals surface area contributed by atoms with Crippen LogP contribution in [0.4, 0.5) is 13.2 Å². The van der Waals surface area contributed by atoms with Gasteiger partial charge in [-0.1, -0.05) is 78.1 Å². The van der Waals surface area contributed by atoms with Gasteiger partial charge in [0.15, 0.2) is 8.80 Å². The second-order valence-electron chi connectivity index (χ2n) is 7.12. The normalized spacial score (nSPS) is 27.5. The highest BCUT2D eigenvalue weighted by molar-refractivity contribution is 6.67. The molecular weight excluding hydrogens is 265 g/mol. The molecule has 0 atom stereocenters. The standard InChI is InChI=1S/C15H26F3Si/c1-13(9-5-3-6-10-13)19(15(16,17)18)14(2)11-7-4-8-12-14/h3-12H2,1-2H3. The summed E-state index contributed by atoms with van der Waals surface area (Å²) in [7, 11) is -2.36. The van der Waals surface area contributed by atoms with Crippen molar-refractivity contribution >= 4 is 8.80 Å². The van der Waals surface area contributed by atoms with E-state index < -0.39 is 24.7 Å². The maximum Gasteiger partial charge on any atom is 0.360 e. The summed E-state index contributed by atoms with van der Waals surface area (Å²) in [4.78, 5) is 0. The number of hydrogen-bond acceptors (Lipinski definition) is 0. The van der Waals surface area contributed by atoms with E-state index in [0.717, 1.165) is 64.2 Å². The zero-order valence-corrected chi connectivity index (χ0v) is 13.2. The Kier molecular flexibility index (Phi) is 4.39. The van der Waals surface area contributed by atoms with Crippen molar-refractivity contribution in [2.24, 2.45) is 0 Å². The van der Waals surface area contributed by atoms with E-state index in [1.165, 1.54) is 0 Å². The van der Waals surface area contributed by atoms with E-state index in [9.17, 15) is 13.2 Å². The molecule has 0 bridgehead atoms. The van der Waals surface area contributed by atoms with Crippen LogP contribution in [-0.4, -0.2) is 14.6 Å². The van der Waals surface area contributed by atoms with Crippen molar-refractivity contribution in [3.63, 3.8) is 0 Å². The zero-order valence-electron chi connectivity index (χ0n) is 12.2. The van der Waals surface area contributed by atoms with E-state index in [1.807, 2.05) is 13.8 Å². The van der Waals surface area contributed by atoms with Crippen LogP contribution in [0.5, 0.6) is 0 Å². The minimum atomic E-state index is -3.94. The van der Waals surface area contributed by atoms with Crippen LogP contribution < -0.4 is 0 Å². The van der Waals surface area contributed by atoms with Crippen LogP contribution in [0.1, 0.15) is 78.1 Å². The maximum absolute atomic E-state index is 13.8. The highest BCUT2D eigenvalue weighted by Crippen LogP contribution is 2.61. The number of hydrogen-bond donors (Lipinski definition) is 0. The molecule has 0 aromatic rings. The summed E-state index contributed by atoms with van der Waals surface area (Å²) in [6.07, 6.45) is 9.44. The molecule has 19 heavy (non-hydrogen) atoms. The molecule has 2 fully saturated rings. The van der Waals surface area contributed by atoms with Crippen molar-refractivity contribution in [2.75, 3.05) is 0 Å². The highest BCUT2D eigenvalue weighted by atomic mass is 28.3. The minimum absolute atomic E-state index is 0.423. The summed E-state index contributed by atoms with van der Waals surface area (Å²) in [5.74, 6) is -3.94. The molecule has 1 radical (unpaired) electrons. The Balaban J connectivity index is 2.29. The third kappa shape index (κ3) is 3.19. The first-order valence-electron chi connectivity index (χ1n) is 7.73. The molecule has 0 N–H and O–H groups in total. The quantitative estimate of drug-likeness (QED) is 0.545. The van der Waals surface area contributed by atoms with Gasteiger partial charge in [0.25, 0.3) is 0 Å². The molecule has 4 heteroatoms. The Bertz CT molecular complexity index is 275. The minimum Gasteiger partial charge on any atom is -0.177 e. The Hall–Kier alpha value is 0.00688. The fraction of sp³-hybridized carbons (Fsp3) is 1.00. The van der Waals surface area contributed by atoms with Gasteiger partial charge in [0.05, 0.1) is 0 Å². The van der Waals surface area contributed by atoms with Crippen molar-refractivity contribution in [2.45, 2.75) is 93.9 Å². The molecule has 0 heterocycles. The molecular formula is C15H26F3Si. The fourth-order valence-electron chi connectivity index (χ4n) is 4.58. The van der Waals surface area contributed by atoms with Gasteiger partial charge in [0.1, 0.15) is 0 Å². The molecule has 0 aromatic carbocycles. The van der Waals surface area contributed by atoms with Crippen LogP contribution in [0.25, 0.3) is 0 Å². The second kappa shape index (κ2) is 5.42. The van der Waals surface area contributed by atoms with Gasteiger partial charge < -0.3 is 0 Å². The summed E-state index contributed by atoms with van der Waals surface area (Å²) in [5.41, 5.74) is 0. The van der Waals surface area contributed by atoms with Crippen LogP contribution in [0.3, 0.4) is 0 Å². The van der Waals surface area contributed by atoms with E-state index in [-0.39, 0.29) is 0 Å². The van der Waals surface area contributed by atoms with Crippen LogP contribution in [0, 0.1) is 0 Å². The van der Waals surface area contributed by atoms with Crippen molar-refractivity contribution in [1.82, 2.24) is 0 Å². The zero-order chi connectivity index (χ0) is 14.1. The summed E-state index contributed by atoms with van der Waals surface area (Å²) in [6.45, 7) is 3.90. The Morgan fingerprint density at radius 2 is 1.00 bits per heavy atom. The summed E-state index contributed by atoms with van der Waals surface area (Å²) < 4.78 is 41.5. The average molecular weight is 291 g/mol. The van der Waals surface area contributed by atoms with Gasteiger partial charge in [0, 0.05) is 0 Å². The van der Waals surface area contributed by atoms with Crippen molar-refractivity contribution in [1.29, 1.82) is 0 Å². The van der Waals surface area contributed by atoms with Gasteiger partial charge in [-0.3, -0.25) is 0 Å². The van der Waals surface area contributed by atoms with Gasteiger partial charge in [-0.05, 0) is 10.1 Å². The van der Waals surface area contributed by atoms with E-state index >= 15 is 0 Å². The summed E-state index contributed by atoms with van der Waals surface area (Å²) in [6, 6.07) is 0. The molecule has 0 nitrogen and oxygen atoms in total. The highest BCUT2D eigenvalue weighted by Gasteiger charge is 2.61. The van der Waals surface area contributed by atoms with Crippen LogP contribution in [0.2, 0.25) is 10.1 Å². The van der Waals surface area contributed by atoms with Crippen LogP contribution in [0.15, 0.2) is 0 Å². The van der Waals surface area contributed by atoms with E-state index in [0.29, 0.717) is 0 Å². The van der Waals surface area contributed by atoms with Crippen molar-refractivity contribution in [3.8, 4) is 0 Å². The molecule has 2 rings (SSSR count). The molecule has 111 valence electrons. The maximum atomic E-state index is 13.8. The van der Waals surface area contributed by atoms with E-state index in [4.69, 9.17) is 0 Å². The first-order valence-corrected chi connectivity index (χ1v) is 9.23. The average Bonchev–Trinajstić information content (AvgIpc) is 2.27.